The minimum atomic E-state index is -0.239. The van der Waals surface area contributed by atoms with Crippen molar-refractivity contribution in [2.75, 3.05) is 11.4 Å². The number of phenols is 1. The zero-order valence-electron chi connectivity index (χ0n) is 11.2. The molecule has 1 N–H and O–H groups in total. The van der Waals surface area contributed by atoms with Gasteiger partial charge in [-0.05, 0) is 32.0 Å². The van der Waals surface area contributed by atoms with Crippen molar-refractivity contribution in [2.45, 2.75) is 20.4 Å². The first-order chi connectivity index (χ1) is 9.11. The number of hydrogen-bond donors (Lipinski definition) is 1. The molecule has 2 aromatic carbocycles. The molecule has 0 aromatic heterocycles. The third kappa shape index (κ3) is 3.05. The molecule has 0 saturated heterocycles. The molecule has 3 heteroatoms. The van der Waals surface area contributed by atoms with Crippen molar-refractivity contribution in [3.05, 3.63) is 59.4 Å². The standard InChI is InChI=1S/C16H18FNO/c1-3-18(15-7-5-4-6-14(15)17)11-13-10-12(2)8-9-16(13)19/h4-10,19H,3,11H2,1-2H3. The Morgan fingerprint density at radius 1 is 1.16 bits per heavy atom. The van der Waals surface area contributed by atoms with E-state index in [0.717, 1.165) is 11.1 Å². The van der Waals surface area contributed by atoms with E-state index in [-0.39, 0.29) is 11.6 Å². The van der Waals surface area contributed by atoms with Crippen LogP contribution in [0, 0.1) is 12.7 Å². The molecular formula is C16H18FNO. The zero-order chi connectivity index (χ0) is 13.8. The van der Waals surface area contributed by atoms with Crippen LogP contribution in [0.5, 0.6) is 5.75 Å². The van der Waals surface area contributed by atoms with Gasteiger partial charge in [-0.3, -0.25) is 0 Å². The average molecular weight is 259 g/mol. The number of para-hydroxylation sites is 1. The van der Waals surface area contributed by atoms with E-state index in [1.165, 1.54) is 6.07 Å². The molecule has 0 unspecified atom stereocenters. The fourth-order valence-electron chi connectivity index (χ4n) is 2.12. The lowest BCUT2D eigenvalue weighted by Crippen LogP contribution is -2.23. The first-order valence-corrected chi connectivity index (χ1v) is 6.39. The first-order valence-electron chi connectivity index (χ1n) is 6.39. The summed E-state index contributed by atoms with van der Waals surface area (Å²) in [4.78, 5) is 1.91. The summed E-state index contributed by atoms with van der Waals surface area (Å²) in [6.45, 7) is 5.11. The molecule has 2 aromatic rings. The van der Waals surface area contributed by atoms with Gasteiger partial charge in [0.25, 0.3) is 0 Å². The molecule has 2 nitrogen and oxygen atoms in total. The van der Waals surface area contributed by atoms with Crippen molar-refractivity contribution in [1.82, 2.24) is 0 Å². The van der Waals surface area contributed by atoms with Gasteiger partial charge in [0.1, 0.15) is 11.6 Å². The molecule has 19 heavy (non-hydrogen) atoms. The minimum absolute atomic E-state index is 0.239. The molecule has 0 spiro atoms. The van der Waals surface area contributed by atoms with E-state index in [1.54, 1.807) is 18.2 Å². The Labute approximate surface area is 113 Å². The lowest BCUT2D eigenvalue weighted by Gasteiger charge is -2.24. The van der Waals surface area contributed by atoms with Gasteiger partial charge in [0.15, 0.2) is 0 Å². The Kier molecular flexibility index (Phi) is 4.05. The van der Waals surface area contributed by atoms with E-state index in [9.17, 15) is 9.50 Å². The number of aryl methyl sites for hydroxylation is 1. The van der Waals surface area contributed by atoms with Crippen LogP contribution in [0.3, 0.4) is 0 Å². The van der Waals surface area contributed by atoms with Crippen molar-refractivity contribution in [2.24, 2.45) is 0 Å². The van der Waals surface area contributed by atoms with Crippen LogP contribution in [0.15, 0.2) is 42.5 Å². The number of benzene rings is 2. The molecule has 0 aliphatic heterocycles. The number of rotatable bonds is 4. The molecule has 0 aliphatic rings. The Morgan fingerprint density at radius 2 is 1.89 bits per heavy atom. The fraction of sp³-hybridized carbons (Fsp3) is 0.250. The van der Waals surface area contributed by atoms with E-state index in [4.69, 9.17) is 0 Å². The molecule has 0 bridgehead atoms. The van der Waals surface area contributed by atoms with Gasteiger partial charge in [0.2, 0.25) is 0 Å². The molecule has 0 heterocycles. The largest absolute Gasteiger partial charge is 0.508 e. The molecule has 0 saturated carbocycles. The summed E-state index contributed by atoms with van der Waals surface area (Å²) in [5.74, 6) is 0.0110. The van der Waals surface area contributed by atoms with Gasteiger partial charge in [-0.2, -0.15) is 0 Å². The van der Waals surface area contributed by atoms with E-state index in [0.29, 0.717) is 18.8 Å². The van der Waals surface area contributed by atoms with Crippen LogP contribution in [0.1, 0.15) is 18.1 Å². The summed E-state index contributed by atoms with van der Waals surface area (Å²) < 4.78 is 13.8. The van der Waals surface area contributed by atoms with Crippen LogP contribution in [0.2, 0.25) is 0 Å². The third-order valence-corrected chi connectivity index (χ3v) is 3.17. The number of phenolic OH excluding ortho intramolecular Hbond substituents is 1. The maximum absolute atomic E-state index is 13.8. The predicted molar refractivity (Wildman–Crippen MR) is 76.0 cm³/mol. The highest BCUT2D eigenvalue weighted by Crippen LogP contribution is 2.25. The maximum Gasteiger partial charge on any atom is 0.146 e. The quantitative estimate of drug-likeness (QED) is 0.901. The lowest BCUT2D eigenvalue weighted by atomic mass is 10.1. The van der Waals surface area contributed by atoms with Gasteiger partial charge in [0.05, 0.1) is 5.69 Å². The maximum atomic E-state index is 13.8. The molecule has 0 radical (unpaired) electrons. The second kappa shape index (κ2) is 5.74. The van der Waals surface area contributed by atoms with Crippen LogP contribution in [0.25, 0.3) is 0 Å². The topological polar surface area (TPSA) is 23.5 Å². The van der Waals surface area contributed by atoms with Gasteiger partial charge in [-0.15, -0.1) is 0 Å². The van der Waals surface area contributed by atoms with Crippen LogP contribution >= 0.6 is 0 Å². The summed E-state index contributed by atoms with van der Waals surface area (Å²) >= 11 is 0. The highest BCUT2D eigenvalue weighted by atomic mass is 19.1. The molecule has 2 rings (SSSR count). The van der Waals surface area contributed by atoms with Crippen LogP contribution in [-0.2, 0) is 6.54 Å². The Balaban J connectivity index is 2.29. The third-order valence-electron chi connectivity index (χ3n) is 3.17. The Bertz CT molecular complexity index is 568. The second-order valence-electron chi connectivity index (χ2n) is 4.60. The van der Waals surface area contributed by atoms with Gasteiger partial charge in [-0.1, -0.05) is 29.8 Å². The van der Waals surface area contributed by atoms with Gasteiger partial charge >= 0.3 is 0 Å². The summed E-state index contributed by atoms with van der Waals surface area (Å²) in [5.41, 5.74) is 2.45. The number of halogens is 1. The lowest BCUT2D eigenvalue weighted by molar-refractivity contribution is 0.467. The summed E-state index contributed by atoms with van der Waals surface area (Å²) in [5, 5.41) is 9.88. The molecular weight excluding hydrogens is 241 g/mol. The highest BCUT2D eigenvalue weighted by Gasteiger charge is 2.12. The average Bonchev–Trinajstić information content (AvgIpc) is 2.41. The zero-order valence-corrected chi connectivity index (χ0v) is 11.2. The normalized spacial score (nSPS) is 10.5. The van der Waals surface area contributed by atoms with Crippen LogP contribution in [-0.4, -0.2) is 11.7 Å². The van der Waals surface area contributed by atoms with Crippen molar-refractivity contribution >= 4 is 5.69 Å². The minimum Gasteiger partial charge on any atom is -0.508 e. The fourth-order valence-corrected chi connectivity index (χ4v) is 2.12. The highest BCUT2D eigenvalue weighted by molar-refractivity contribution is 5.49. The number of aromatic hydroxyl groups is 1. The van der Waals surface area contributed by atoms with E-state index < -0.39 is 0 Å². The molecule has 100 valence electrons. The molecule has 0 amide bonds. The van der Waals surface area contributed by atoms with Gasteiger partial charge in [-0.25, -0.2) is 4.39 Å². The van der Waals surface area contributed by atoms with Crippen molar-refractivity contribution in [3.63, 3.8) is 0 Å². The molecule has 0 fully saturated rings. The van der Waals surface area contributed by atoms with E-state index in [2.05, 4.69) is 0 Å². The number of anilines is 1. The van der Waals surface area contributed by atoms with E-state index in [1.807, 2.05) is 36.9 Å². The van der Waals surface area contributed by atoms with Gasteiger partial charge in [0, 0.05) is 18.7 Å². The number of hydrogen-bond acceptors (Lipinski definition) is 2. The SMILES string of the molecule is CCN(Cc1cc(C)ccc1O)c1ccccc1F. The van der Waals surface area contributed by atoms with Crippen LogP contribution in [0.4, 0.5) is 10.1 Å². The first kappa shape index (κ1) is 13.4. The second-order valence-corrected chi connectivity index (χ2v) is 4.60. The Morgan fingerprint density at radius 3 is 2.58 bits per heavy atom. The van der Waals surface area contributed by atoms with Crippen LogP contribution < -0.4 is 4.90 Å². The molecule has 0 atom stereocenters. The summed E-state index contributed by atoms with van der Waals surface area (Å²) in [7, 11) is 0. The molecule has 0 aliphatic carbocycles. The van der Waals surface area contributed by atoms with Gasteiger partial charge < -0.3 is 10.0 Å². The van der Waals surface area contributed by atoms with E-state index >= 15 is 0 Å². The number of nitrogens with zero attached hydrogens (tertiary/aromatic N) is 1. The summed E-state index contributed by atoms with van der Waals surface area (Å²) in [6, 6.07) is 12.2. The van der Waals surface area contributed by atoms with Crippen molar-refractivity contribution < 1.29 is 9.50 Å². The van der Waals surface area contributed by atoms with Crippen molar-refractivity contribution in [3.8, 4) is 5.75 Å². The summed E-state index contributed by atoms with van der Waals surface area (Å²) in [6.07, 6.45) is 0. The van der Waals surface area contributed by atoms with Crippen molar-refractivity contribution in [1.29, 1.82) is 0 Å². The monoisotopic (exact) mass is 259 g/mol. The smallest absolute Gasteiger partial charge is 0.146 e. The predicted octanol–water partition coefficient (Wildman–Crippen LogP) is 3.87. The Hall–Kier alpha value is -2.03.